The van der Waals surface area contributed by atoms with Crippen molar-refractivity contribution in [1.82, 2.24) is 0 Å². The number of benzene rings is 4. The number of ether oxygens (including phenoxy) is 8. The van der Waals surface area contributed by atoms with Crippen molar-refractivity contribution in [2.45, 2.75) is 101 Å². The molecule has 1 N–H and O–H groups in total. The summed E-state index contributed by atoms with van der Waals surface area (Å²) in [6.45, 7) is 10.0. The highest BCUT2D eigenvalue weighted by Crippen LogP contribution is 2.35. The van der Waals surface area contributed by atoms with E-state index < -0.39 is 93.4 Å². The lowest BCUT2D eigenvalue weighted by molar-refractivity contribution is -0.351. The zero-order valence-electron chi connectivity index (χ0n) is 33.6. The first-order valence-corrected chi connectivity index (χ1v) is 23.3. The molecular weight excluding hydrogens is 777 g/mol. The van der Waals surface area contributed by atoms with Crippen molar-refractivity contribution in [3.63, 3.8) is 0 Å². The molecule has 14 heteroatoms. The SMILES string of the molecule is C[C@@H]1O[C@@H](O[C@@H]2[C@@H](OC(=O)c3ccccc3)[C@H](C)O[C@@H](OCC[Si](C)(C)C)[C@@H]2OC(=O)c2ccccc2)[C@H](OC(=O)c2ccccc2)[C@H](O)[C@H]1OC(=O)c1ccccc1. The van der Waals surface area contributed by atoms with E-state index in [-0.39, 0.29) is 28.9 Å². The second-order valence-corrected chi connectivity index (χ2v) is 21.3. The van der Waals surface area contributed by atoms with Crippen molar-refractivity contribution in [2.24, 2.45) is 0 Å². The van der Waals surface area contributed by atoms with Crippen LogP contribution in [0.25, 0.3) is 0 Å². The molecular formula is C45H50O13Si. The number of aliphatic hydroxyl groups is 1. The van der Waals surface area contributed by atoms with Gasteiger partial charge in [0.1, 0.15) is 12.2 Å². The summed E-state index contributed by atoms with van der Waals surface area (Å²) in [5.41, 5.74) is 0.847. The van der Waals surface area contributed by atoms with Crippen molar-refractivity contribution >= 4 is 32.0 Å². The van der Waals surface area contributed by atoms with Gasteiger partial charge in [0.2, 0.25) is 0 Å². The van der Waals surface area contributed by atoms with E-state index in [1.54, 1.807) is 123 Å². The number of carbonyl (C=O) groups excluding carboxylic acids is 4. The highest BCUT2D eigenvalue weighted by atomic mass is 28.3. The number of hydrogen-bond donors (Lipinski definition) is 1. The molecule has 2 aliphatic heterocycles. The Hall–Kier alpha value is -5.22. The Morgan fingerprint density at radius 2 is 0.864 bits per heavy atom. The van der Waals surface area contributed by atoms with Crippen LogP contribution in [-0.2, 0) is 37.9 Å². The lowest BCUT2D eigenvalue weighted by Gasteiger charge is -2.48. The van der Waals surface area contributed by atoms with Crippen LogP contribution in [0.2, 0.25) is 25.7 Å². The van der Waals surface area contributed by atoms with Crippen LogP contribution < -0.4 is 0 Å². The molecule has 2 saturated heterocycles. The van der Waals surface area contributed by atoms with Crippen LogP contribution in [0, 0.1) is 0 Å². The predicted octanol–water partition coefficient (Wildman–Crippen LogP) is 6.48. The van der Waals surface area contributed by atoms with Crippen molar-refractivity contribution in [3.8, 4) is 0 Å². The van der Waals surface area contributed by atoms with Crippen LogP contribution in [0.3, 0.4) is 0 Å². The van der Waals surface area contributed by atoms with Crippen LogP contribution >= 0.6 is 0 Å². The van der Waals surface area contributed by atoms with E-state index in [1.807, 2.05) is 0 Å². The summed E-state index contributed by atoms with van der Waals surface area (Å²) < 4.78 is 49.7. The fraction of sp³-hybridized carbons (Fsp3) is 0.378. The van der Waals surface area contributed by atoms with Crippen LogP contribution in [0.5, 0.6) is 0 Å². The normalized spacial score (nSPS) is 26.9. The van der Waals surface area contributed by atoms with E-state index in [1.165, 1.54) is 12.1 Å². The summed E-state index contributed by atoms with van der Waals surface area (Å²) in [6.07, 6.45) is -13.5. The quantitative estimate of drug-likeness (QED) is 0.0837. The second kappa shape index (κ2) is 19.7. The maximum atomic E-state index is 13.8. The fourth-order valence-electron chi connectivity index (χ4n) is 6.64. The third-order valence-corrected chi connectivity index (χ3v) is 11.6. The average Bonchev–Trinajstić information content (AvgIpc) is 3.23. The molecule has 13 nitrogen and oxygen atoms in total. The summed E-state index contributed by atoms with van der Waals surface area (Å²) >= 11 is 0. The minimum atomic E-state index is -1.69. The zero-order chi connectivity index (χ0) is 42.1. The van der Waals surface area contributed by atoms with Gasteiger partial charge in [-0.15, -0.1) is 0 Å². The zero-order valence-corrected chi connectivity index (χ0v) is 34.6. The molecule has 0 bridgehead atoms. The first kappa shape index (κ1) is 43.4. The van der Waals surface area contributed by atoms with Crippen molar-refractivity contribution in [2.75, 3.05) is 6.61 Å². The highest BCUT2D eigenvalue weighted by molar-refractivity contribution is 6.76. The lowest BCUT2D eigenvalue weighted by Crippen LogP contribution is -2.65. The van der Waals surface area contributed by atoms with Crippen LogP contribution in [0.4, 0.5) is 0 Å². The number of hydrogen-bond acceptors (Lipinski definition) is 13. The van der Waals surface area contributed by atoms with Gasteiger partial charge in [-0.05, 0) is 68.4 Å². The van der Waals surface area contributed by atoms with Crippen molar-refractivity contribution < 1.29 is 62.2 Å². The van der Waals surface area contributed by atoms with Gasteiger partial charge in [-0.25, -0.2) is 19.2 Å². The molecule has 0 amide bonds. The van der Waals surface area contributed by atoms with Crippen molar-refractivity contribution in [3.05, 3.63) is 144 Å². The van der Waals surface area contributed by atoms with E-state index >= 15 is 0 Å². The topological polar surface area (TPSA) is 162 Å². The Balaban J connectivity index is 1.38. The van der Waals surface area contributed by atoms with Gasteiger partial charge in [0.05, 0.1) is 34.5 Å². The molecule has 312 valence electrons. The largest absolute Gasteiger partial charge is 0.453 e. The van der Waals surface area contributed by atoms with E-state index in [0.717, 1.165) is 6.04 Å². The van der Waals surface area contributed by atoms with Crippen LogP contribution in [-0.4, -0.2) is 105 Å². The molecule has 0 aromatic heterocycles. The lowest BCUT2D eigenvalue weighted by atomic mass is 9.96. The number of carbonyl (C=O) groups is 4. The monoisotopic (exact) mass is 826 g/mol. The van der Waals surface area contributed by atoms with Gasteiger partial charge in [0, 0.05) is 14.7 Å². The molecule has 10 atom stereocenters. The van der Waals surface area contributed by atoms with Gasteiger partial charge >= 0.3 is 23.9 Å². The minimum absolute atomic E-state index is 0.162. The Morgan fingerprint density at radius 3 is 1.29 bits per heavy atom. The number of aliphatic hydroxyl groups excluding tert-OH is 1. The maximum absolute atomic E-state index is 13.8. The third kappa shape index (κ3) is 11.3. The summed E-state index contributed by atoms with van der Waals surface area (Å²) in [5.74, 6) is -3.03. The van der Waals surface area contributed by atoms with Gasteiger partial charge in [0.15, 0.2) is 37.0 Å². The third-order valence-electron chi connectivity index (χ3n) is 9.92. The Bertz CT molecular complexity index is 1990. The van der Waals surface area contributed by atoms with Crippen molar-refractivity contribution in [1.29, 1.82) is 0 Å². The summed E-state index contributed by atoms with van der Waals surface area (Å²) in [5, 5.41) is 12.0. The molecule has 6 rings (SSSR count). The summed E-state index contributed by atoms with van der Waals surface area (Å²) in [7, 11) is -1.62. The first-order valence-electron chi connectivity index (χ1n) is 19.6. The Kier molecular flexibility index (Phi) is 14.5. The molecule has 0 aliphatic carbocycles. The average molecular weight is 827 g/mol. The highest BCUT2D eigenvalue weighted by Gasteiger charge is 2.55. The van der Waals surface area contributed by atoms with E-state index in [4.69, 9.17) is 37.9 Å². The van der Waals surface area contributed by atoms with E-state index in [0.29, 0.717) is 0 Å². The van der Waals surface area contributed by atoms with E-state index in [9.17, 15) is 24.3 Å². The second-order valence-electron chi connectivity index (χ2n) is 15.6. The Labute approximate surface area is 344 Å². The van der Waals surface area contributed by atoms with Gasteiger partial charge in [-0.2, -0.15) is 0 Å². The van der Waals surface area contributed by atoms with Gasteiger partial charge in [-0.1, -0.05) is 92.4 Å². The first-order chi connectivity index (χ1) is 28.3. The molecule has 0 saturated carbocycles. The molecule has 2 aliphatic rings. The molecule has 0 unspecified atom stereocenters. The number of rotatable bonds is 14. The molecule has 0 radical (unpaired) electrons. The smallest absolute Gasteiger partial charge is 0.338 e. The maximum Gasteiger partial charge on any atom is 0.338 e. The van der Waals surface area contributed by atoms with Gasteiger partial charge in [0.25, 0.3) is 0 Å². The van der Waals surface area contributed by atoms with Crippen LogP contribution in [0.15, 0.2) is 121 Å². The molecule has 2 heterocycles. The molecule has 0 spiro atoms. The Morgan fingerprint density at radius 1 is 0.508 bits per heavy atom. The van der Waals surface area contributed by atoms with Gasteiger partial charge < -0.3 is 43.0 Å². The minimum Gasteiger partial charge on any atom is -0.453 e. The fourth-order valence-corrected chi connectivity index (χ4v) is 7.37. The number of esters is 4. The molecule has 2 fully saturated rings. The van der Waals surface area contributed by atoms with Gasteiger partial charge in [-0.3, -0.25) is 0 Å². The molecule has 4 aromatic carbocycles. The standard InChI is InChI=1S/C45H50O13Si/c1-28-35(54-40(47)30-18-10-6-11-19-30)34(46)37(56-42(49)32-22-14-8-15-23-32)45(53-28)58-38-36(55-41(48)31-20-12-7-13-21-31)29(2)52-44(51-26-27-59(3,4)5)39(38)57-43(50)33-24-16-9-17-25-33/h6-25,28-29,34-39,44-46H,26-27H2,1-5H3/t28-,29-,34+,35-,36-,37+,38+,39+,44+,45-/m0/s1. The summed E-state index contributed by atoms with van der Waals surface area (Å²) in [6, 6.07) is 33.6. The molecule has 59 heavy (non-hydrogen) atoms. The predicted molar refractivity (Wildman–Crippen MR) is 216 cm³/mol. The summed E-state index contributed by atoms with van der Waals surface area (Å²) in [4.78, 5) is 54.4. The van der Waals surface area contributed by atoms with E-state index in [2.05, 4.69) is 19.6 Å². The molecule has 4 aromatic rings. The van der Waals surface area contributed by atoms with Crippen LogP contribution in [0.1, 0.15) is 55.3 Å².